The zero-order chi connectivity index (χ0) is 10.7. The molecule has 0 atom stereocenters. The lowest BCUT2D eigenvalue weighted by molar-refractivity contribution is 0.314. The molecule has 15 heavy (non-hydrogen) atoms. The third-order valence-electron chi connectivity index (χ3n) is 2.29. The van der Waals surface area contributed by atoms with Crippen LogP contribution in [0.4, 0.5) is 5.82 Å². The van der Waals surface area contributed by atoms with Gasteiger partial charge in [-0.1, -0.05) is 0 Å². The first-order valence-corrected chi connectivity index (χ1v) is 5.23. The van der Waals surface area contributed by atoms with Crippen LogP contribution in [0, 0.1) is 0 Å². The average Bonchev–Trinajstić information content (AvgIpc) is 3.09. The van der Waals surface area contributed by atoms with Gasteiger partial charge in [0.1, 0.15) is 18.2 Å². The number of nitrogens with zero attached hydrogens (tertiary/aromatic N) is 2. The van der Waals surface area contributed by atoms with Gasteiger partial charge in [-0.2, -0.15) is 4.98 Å². The fraction of sp³-hybridized carbons (Fsp3) is 0.600. The van der Waals surface area contributed by atoms with E-state index in [2.05, 4.69) is 15.3 Å². The minimum absolute atomic E-state index is 0.490. The van der Waals surface area contributed by atoms with E-state index in [1.807, 2.05) is 7.05 Å². The third-order valence-corrected chi connectivity index (χ3v) is 2.29. The number of hydrogen-bond acceptors (Lipinski definition) is 5. The second kappa shape index (κ2) is 4.44. The van der Waals surface area contributed by atoms with Crippen molar-refractivity contribution in [3.8, 4) is 5.88 Å². The highest BCUT2D eigenvalue weighted by atomic mass is 16.5. The highest BCUT2D eigenvalue weighted by molar-refractivity contribution is 5.38. The Labute approximate surface area is 89.1 Å². The number of hydrogen-bond donors (Lipinski definition) is 2. The van der Waals surface area contributed by atoms with Gasteiger partial charge in [0.05, 0.1) is 0 Å². The normalized spacial score (nSPS) is 15.1. The van der Waals surface area contributed by atoms with Crippen LogP contribution >= 0.6 is 0 Å². The Morgan fingerprint density at radius 3 is 2.93 bits per heavy atom. The van der Waals surface area contributed by atoms with Crippen LogP contribution in [0.1, 0.15) is 24.6 Å². The number of nitrogens with two attached hydrogens (primary N) is 1. The molecule has 1 aromatic heterocycles. The van der Waals surface area contributed by atoms with E-state index in [-0.39, 0.29) is 0 Å². The lowest BCUT2D eigenvalue weighted by atomic mass is 10.4. The molecule has 1 aromatic rings. The molecule has 1 fully saturated rings. The Hall–Kier alpha value is -1.36. The van der Waals surface area contributed by atoms with Crippen LogP contribution in [-0.4, -0.2) is 30.2 Å². The minimum atomic E-state index is 0.490. The molecule has 1 aliphatic carbocycles. The predicted molar refractivity (Wildman–Crippen MR) is 58.1 cm³/mol. The Morgan fingerprint density at radius 1 is 1.53 bits per heavy atom. The monoisotopic (exact) mass is 208 g/mol. The van der Waals surface area contributed by atoms with Crippen molar-refractivity contribution < 1.29 is 4.74 Å². The van der Waals surface area contributed by atoms with Crippen molar-refractivity contribution in [2.45, 2.75) is 18.8 Å². The Bertz CT molecular complexity index is 338. The van der Waals surface area contributed by atoms with Crippen LogP contribution in [0.2, 0.25) is 0 Å². The summed E-state index contributed by atoms with van der Waals surface area (Å²) in [6.07, 6.45) is 2.37. The average molecular weight is 208 g/mol. The van der Waals surface area contributed by atoms with Gasteiger partial charge < -0.3 is 15.8 Å². The van der Waals surface area contributed by atoms with Crippen LogP contribution in [0.5, 0.6) is 5.88 Å². The van der Waals surface area contributed by atoms with E-state index in [0.29, 0.717) is 24.9 Å². The summed E-state index contributed by atoms with van der Waals surface area (Å²) in [6, 6.07) is 1.79. The lowest BCUT2D eigenvalue weighted by Gasteiger charge is -2.07. The first-order valence-electron chi connectivity index (χ1n) is 5.23. The van der Waals surface area contributed by atoms with Crippen molar-refractivity contribution in [1.29, 1.82) is 0 Å². The Balaban J connectivity index is 2.16. The molecular weight excluding hydrogens is 192 g/mol. The molecule has 5 heteroatoms. The molecule has 5 nitrogen and oxygen atoms in total. The molecule has 0 unspecified atom stereocenters. The van der Waals surface area contributed by atoms with Gasteiger partial charge in [0.2, 0.25) is 5.88 Å². The molecule has 1 saturated carbocycles. The number of rotatable bonds is 5. The maximum absolute atomic E-state index is 5.40. The number of anilines is 1. The van der Waals surface area contributed by atoms with Gasteiger partial charge in [0.15, 0.2) is 0 Å². The maximum Gasteiger partial charge on any atom is 0.218 e. The molecule has 0 aromatic carbocycles. The van der Waals surface area contributed by atoms with Crippen LogP contribution in [0.25, 0.3) is 0 Å². The smallest absolute Gasteiger partial charge is 0.218 e. The summed E-state index contributed by atoms with van der Waals surface area (Å²) in [5, 5.41) is 3.00. The molecule has 0 radical (unpaired) electrons. The molecule has 3 N–H and O–H groups in total. The van der Waals surface area contributed by atoms with Crippen LogP contribution in [-0.2, 0) is 0 Å². The zero-order valence-electron chi connectivity index (χ0n) is 8.86. The van der Waals surface area contributed by atoms with Gasteiger partial charge in [-0.25, -0.2) is 4.98 Å². The SMILES string of the molecule is CNc1cc(OCCN)nc(C2CC2)n1. The van der Waals surface area contributed by atoms with E-state index < -0.39 is 0 Å². The number of nitrogens with one attached hydrogen (secondary N) is 1. The fourth-order valence-corrected chi connectivity index (χ4v) is 1.33. The van der Waals surface area contributed by atoms with E-state index in [4.69, 9.17) is 10.5 Å². The van der Waals surface area contributed by atoms with E-state index in [9.17, 15) is 0 Å². The van der Waals surface area contributed by atoms with Crippen molar-refractivity contribution >= 4 is 5.82 Å². The second-order valence-corrected chi connectivity index (χ2v) is 3.61. The van der Waals surface area contributed by atoms with Gasteiger partial charge in [0, 0.05) is 25.6 Å². The minimum Gasteiger partial charge on any atom is -0.476 e. The van der Waals surface area contributed by atoms with Crippen LogP contribution in [0.3, 0.4) is 0 Å². The summed E-state index contributed by atoms with van der Waals surface area (Å²) in [6.45, 7) is 0.988. The first-order chi connectivity index (χ1) is 7.33. The molecule has 82 valence electrons. The highest BCUT2D eigenvalue weighted by Gasteiger charge is 2.27. The second-order valence-electron chi connectivity index (χ2n) is 3.61. The van der Waals surface area contributed by atoms with Gasteiger partial charge in [-0.15, -0.1) is 0 Å². The molecule has 2 rings (SSSR count). The highest BCUT2D eigenvalue weighted by Crippen LogP contribution is 2.38. The summed E-state index contributed by atoms with van der Waals surface area (Å²) in [4.78, 5) is 8.74. The molecule has 0 amide bonds. The van der Waals surface area contributed by atoms with E-state index in [0.717, 1.165) is 11.6 Å². The van der Waals surface area contributed by atoms with Crippen molar-refractivity contribution in [1.82, 2.24) is 9.97 Å². The van der Waals surface area contributed by atoms with Gasteiger partial charge in [0.25, 0.3) is 0 Å². The van der Waals surface area contributed by atoms with Crippen molar-refractivity contribution in [3.05, 3.63) is 11.9 Å². The standard InChI is InChI=1S/C10H16N4O/c1-12-8-6-9(15-5-4-11)14-10(13-8)7-2-3-7/h6-7H,2-5,11H2,1H3,(H,12,13,14). The zero-order valence-corrected chi connectivity index (χ0v) is 8.86. The van der Waals surface area contributed by atoms with E-state index >= 15 is 0 Å². The molecule has 0 saturated heterocycles. The van der Waals surface area contributed by atoms with Crippen LogP contribution in [0.15, 0.2) is 6.07 Å². The lowest BCUT2D eigenvalue weighted by Crippen LogP contribution is -2.12. The molecular formula is C10H16N4O. The Kier molecular flexibility index (Phi) is 3.01. The van der Waals surface area contributed by atoms with Crippen molar-refractivity contribution in [3.63, 3.8) is 0 Å². The Morgan fingerprint density at radius 2 is 2.33 bits per heavy atom. The summed E-state index contributed by atoms with van der Waals surface area (Å²) in [5.74, 6) is 2.83. The molecule has 0 bridgehead atoms. The van der Waals surface area contributed by atoms with Gasteiger partial charge in [-0.05, 0) is 12.8 Å². The summed E-state index contributed by atoms with van der Waals surface area (Å²) < 4.78 is 5.40. The quantitative estimate of drug-likeness (QED) is 0.746. The summed E-state index contributed by atoms with van der Waals surface area (Å²) in [7, 11) is 1.84. The van der Waals surface area contributed by atoms with E-state index in [1.165, 1.54) is 12.8 Å². The summed E-state index contributed by atoms with van der Waals surface area (Å²) >= 11 is 0. The van der Waals surface area contributed by atoms with Crippen molar-refractivity contribution in [2.24, 2.45) is 5.73 Å². The fourth-order valence-electron chi connectivity index (χ4n) is 1.33. The first kappa shape index (κ1) is 10.2. The summed E-state index contributed by atoms with van der Waals surface area (Å²) in [5.41, 5.74) is 5.37. The predicted octanol–water partition coefficient (Wildman–Crippen LogP) is 0.733. The van der Waals surface area contributed by atoms with Gasteiger partial charge in [-0.3, -0.25) is 0 Å². The third kappa shape index (κ3) is 2.56. The van der Waals surface area contributed by atoms with Crippen molar-refractivity contribution in [2.75, 3.05) is 25.5 Å². The maximum atomic E-state index is 5.40. The van der Waals surface area contributed by atoms with Crippen LogP contribution < -0.4 is 15.8 Å². The van der Waals surface area contributed by atoms with E-state index in [1.54, 1.807) is 6.07 Å². The molecule has 1 heterocycles. The number of aromatic nitrogens is 2. The largest absolute Gasteiger partial charge is 0.476 e. The van der Waals surface area contributed by atoms with Gasteiger partial charge >= 0.3 is 0 Å². The molecule has 0 spiro atoms. The number of ether oxygens (including phenoxy) is 1. The molecule has 1 aliphatic rings. The molecule has 0 aliphatic heterocycles. The topological polar surface area (TPSA) is 73.1 Å².